The Morgan fingerprint density at radius 3 is 2.18 bits per heavy atom. The minimum atomic E-state index is -0.792. The number of esters is 1. The molecule has 8 heteroatoms. The predicted octanol–water partition coefficient (Wildman–Crippen LogP) is 5.54. The van der Waals surface area contributed by atoms with Gasteiger partial charge in [0.25, 0.3) is 5.91 Å². The van der Waals surface area contributed by atoms with Gasteiger partial charge in [0.15, 0.2) is 6.10 Å². The largest absolute Gasteiger partial charge is 0.489 e. The fraction of sp³-hybridized carbons (Fsp3) is 0.100. The highest BCUT2D eigenvalue weighted by Crippen LogP contribution is 2.20. The van der Waals surface area contributed by atoms with E-state index in [4.69, 9.17) is 14.2 Å². The van der Waals surface area contributed by atoms with Gasteiger partial charge in [-0.3, -0.25) is 4.79 Å². The molecule has 0 heterocycles. The van der Waals surface area contributed by atoms with Crippen LogP contribution in [0.25, 0.3) is 0 Å². The molecule has 0 aliphatic rings. The Balaban J connectivity index is 1.22. The van der Waals surface area contributed by atoms with E-state index in [1.165, 1.54) is 24.4 Å². The van der Waals surface area contributed by atoms with E-state index in [9.17, 15) is 14.0 Å². The molecule has 7 nitrogen and oxygen atoms in total. The first-order chi connectivity index (χ1) is 18.5. The van der Waals surface area contributed by atoms with Crippen LogP contribution in [0.1, 0.15) is 28.4 Å². The zero-order valence-electron chi connectivity index (χ0n) is 20.5. The van der Waals surface area contributed by atoms with Gasteiger partial charge in [-0.25, -0.2) is 14.6 Å². The van der Waals surface area contributed by atoms with Crippen molar-refractivity contribution in [2.45, 2.75) is 19.6 Å². The van der Waals surface area contributed by atoms with Gasteiger partial charge in [-0.1, -0.05) is 42.5 Å². The number of ether oxygens (including phenoxy) is 3. The molecular formula is C30H25FN2O5. The molecule has 0 aliphatic carbocycles. The van der Waals surface area contributed by atoms with Crippen LogP contribution in [0, 0.1) is 5.82 Å². The molecule has 1 atom stereocenters. The zero-order chi connectivity index (χ0) is 26.7. The summed E-state index contributed by atoms with van der Waals surface area (Å²) in [6.07, 6.45) is 0.648. The number of hydrazone groups is 1. The van der Waals surface area contributed by atoms with E-state index in [0.717, 1.165) is 5.56 Å². The minimum absolute atomic E-state index is 0.149. The van der Waals surface area contributed by atoms with E-state index < -0.39 is 23.8 Å². The number of hydrogen-bond donors (Lipinski definition) is 1. The standard InChI is InChI=1S/C30H25FN2O5/c1-21(37-25-17-15-24(16-18-25)36-20-23-7-3-2-4-8-23)29(34)33-32-19-22-11-13-26(14-12-22)38-30(35)27-9-5-6-10-28(27)31/h2-19,21H,20H2,1H3,(H,33,34)/b32-19-/t21-/m0/s1. The van der Waals surface area contributed by atoms with Crippen LogP contribution in [0.15, 0.2) is 108 Å². The van der Waals surface area contributed by atoms with E-state index in [1.54, 1.807) is 61.5 Å². The van der Waals surface area contributed by atoms with Crippen molar-refractivity contribution in [1.29, 1.82) is 0 Å². The van der Waals surface area contributed by atoms with Crippen LogP contribution in [0.5, 0.6) is 17.2 Å². The first-order valence-electron chi connectivity index (χ1n) is 11.8. The SMILES string of the molecule is C[C@H](Oc1ccc(OCc2ccccc2)cc1)C(=O)N/N=C\c1ccc(OC(=O)c2ccccc2F)cc1. The number of benzene rings is 4. The predicted molar refractivity (Wildman–Crippen MR) is 141 cm³/mol. The van der Waals surface area contributed by atoms with E-state index in [1.807, 2.05) is 30.3 Å². The summed E-state index contributed by atoms with van der Waals surface area (Å²) < 4.78 is 30.3. The summed E-state index contributed by atoms with van der Waals surface area (Å²) in [4.78, 5) is 24.4. The van der Waals surface area contributed by atoms with E-state index in [2.05, 4.69) is 10.5 Å². The van der Waals surface area contributed by atoms with Crippen LogP contribution in [-0.4, -0.2) is 24.2 Å². The molecule has 0 spiro atoms. The molecule has 38 heavy (non-hydrogen) atoms. The van der Waals surface area contributed by atoms with Gasteiger partial charge in [0.05, 0.1) is 11.8 Å². The lowest BCUT2D eigenvalue weighted by atomic mass is 10.2. The maximum absolute atomic E-state index is 13.7. The minimum Gasteiger partial charge on any atom is -0.489 e. The highest BCUT2D eigenvalue weighted by Gasteiger charge is 2.15. The van der Waals surface area contributed by atoms with Gasteiger partial charge in [0.1, 0.15) is 29.7 Å². The smallest absolute Gasteiger partial charge is 0.346 e. The Morgan fingerprint density at radius 1 is 0.842 bits per heavy atom. The monoisotopic (exact) mass is 512 g/mol. The molecule has 1 N–H and O–H groups in total. The Bertz CT molecular complexity index is 1390. The van der Waals surface area contributed by atoms with Gasteiger partial charge in [0.2, 0.25) is 0 Å². The number of carbonyl (C=O) groups excluding carboxylic acids is 2. The van der Waals surface area contributed by atoms with Crippen molar-refractivity contribution in [2.75, 3.05) is 0 Å². The van der Waals surface area contributed by atoms with Gasteiger partial charge in [0, 0.05) is 0 Å². The average Bonchev–Trinajstić information content (AvgIpc) is 2.94. The molecule has 0 aliphatic heterocycles. The second-order valence-electron chi connectivity index (χ2n) is 8.18. The summed E-state index contributed by atoms with van der Waals surface area (Å²) in [5.74, 6) is -0.417. The van der Waals surface area contributed by atoms with Crippen LogP contribution in [0.2, 0.25) is 0 Å². The molecule has 4 aromatic rings. The van der Waals surface area contributed by atoms with E-state index >= 15 is 0 Å². The lowest BCUT2D eigenvalue weighted by molar-refractivity contribution is -0.127. The zero-order valence-corrected chi connectivity index (χ0v) is 20.5. The fourth-order valence-corrected chi connectivity index (χ4v) is 3.29. The highest BCUT2D eigenvalue weighted by atomic mass is 19.1. The van der Waals surface area contributed by atoms with Gasteiger partial charge in [-0.15, -0.1) is 0 Å². The number of amides is 1. The summed E-state index contributed by atoms with van der Waals surface area (Å²) in [6.45, 7) is 2.07. The average molecular weight is 513 g/mol. The first-order valence-corrected chi connectivity index (χ1v) is 11.8. The molecule has 0 saturated heterocycles. The van der Waals surface area contributed by atoms with Crippen molar-refractivity contribution in [3.8, 4) is 17.2 Å². The van der Waals surface area contributed by atoms with Crippen LogP contribution < -0.4 is 19.6 Å². The Hall–Kier alpha value is -4.98. The third kappa shape index (κ3) is 7.51. The van der Waals surface area contributed by atoms with Gasteiger partial charge in [-0.05, 0) is 78.7 Å². The van der Waals surface area contributed by atoms with Crippen LogP contribution in [0.3, 0.4) is 0 Å². The normalized spacial score (nSPS) is 11.5. The van der Waals surface area contributed by atoms with Crippen molar-refractivity contribution in [2.24, 2.45) is 5.10 Å². The van der Waals surface area contributed by atoms with Crippen molar-refractivity contribution in [1.82, 2.24) is 5.43 Å². The molecule has 0 bridgehead atoms. The summed E-state index contributed by atoms with van der Waals surface area (Å²) in [5, 5.41) is 3.94. The highest BCUT2D eigenvalue weighted by molar-refractivity contribution is 5.91. The summed E-state index contributed by atoms with van der Waals surface area (Å²) in [6, 6.07) is 28.8. The molecule has 4 rings (SSSR count). The molecule has 1 amide bonds. The summed E-state index contributed by atoms with van der Waals surface area (Å²) in [7, 11) is 0. The second-order valence-corrected chi connectivity index (χ2v) is 8.18. The molecule has 0 radical (unpaired) electrons. The Kier molecular flexibility index (Phi) is 8.80. The number of carbonyl (C=O) groups is 2. The third-order valence-electron chi connectivity index (χ3n) is 5.33. The molecule has 4 aromatic carbocycles. The van der Waals surface area contributed by atoms with E-state index in [-0.39, 0.29) is 11.3 Å². The van der Waals surface area contributed by atoms with E-state index in [0.29, 0.717) is 23.7 Å². The molecular weight excluding hydrogens is 487 g/mol. The lowest BCUT2D eigenvalue weighted by Gasteiger charge is -2.13. The molecule has 0 unspecified atom stereocenters. The second kappa shape index (κ2) is 12.8. The summed E-state index contributed by atoms with van der Waals surface area (Å²) in [5.41, 5.74) is 4.00. The third-order valence-corrected chi connectivity index (χ3v) is 5.33. The first kappa shape index (κ1) is 26.1. The Morgan fingerprint density at radius 2 is 1.47 bits per heavy atom. The number of nitrogens with one attached hydrogen (secondary N) is 1. The molecule has 0 aromatic heterocycles. The van der Waals surface area contributed by atoms with Crippen LogP contribution in [0.4, 0.5) is 4.39 Å². The molecule has 192 valence electrons. The van der Waals surface area contributed by atoms with Crippen molar-refractivity contribution < 1.29 is 28.2 Å². The fourth-order valence-electron chi connectivity index (χ4n) is 3.29. The molecule has 0 fully saturated rings. The molecule has 0 saturated carbocycles. The van der Waals surface area contributed by atoms with Crippen LogP contribution in [-0.2, 0) is 11.4 Å². The number of rotatable bonds is 10. The summed E-state index contributed by atoms with van der Waals surface area (Å²) >= 11 is 0. The van der Waals surface area contributed by atoms with Crippen molar-refractivity contribution >= 4 is 18.1 Å². The maximum Gasteiger partial charge on any atom is 0.346 e. The maximum atomic E-state index is 13.7. The number of hydrogen-bond acceptors (Lipinski definition) is 6. The van der Waals surface area contributed by atoms with Crippen LogP contribution >= 0.6 is 0 Å². The number of halogens is 1. The van der Waals surface area contributed by atoms with Gasteiger partial charge in [-0.2, -0.15) is 5.10 Å². The van der Waals surface area contributed by atoms with Gasteiger partial charge < -0.3 is 14.2 Å². The van der Waals surface area contributed by atoms with Gasteiger partial charge >= 0.3 is 5.97 Å². The topological polar surface area (TPSA) is 86.2 Å². The number of nitrogens with zero attached hydrogens (tertiary/aromatic N) is 1. The Labute approximate surface area is 219 Å². The quantitative estimate of drug-likeness (QED) is 0.130. The van der Waals surface area contributed by atoms with Crippen molar-refractivity contribution in [3.63, 3.8) is 0 Å². The van der Waals surface area contributed by atoms with Crippen molar-refractivity contribution in [3.05, 3.63) is 126 Å². The lowest BCUT2D eigenvalue weighted by Crippen LogP contribution is -2.33.